The number of nitrogens with zero attached hydrogens (tertiary/aromatic N) is 1. The second-order valence-corrected chi connectivity index (χ2v) is 5.02. The van der Waals surface area contributed by atoms with Crippen LogP contribution in [-0.4, -0.2) is 41.9 Å². The van der Waals surface area contributed by atoms with E-state index in [1.807, 2.05) is 13.8 Å². The van der Waals surface area contributed by atoms with Crippen molar-refractivity contribution in [2.75, 3.05) is 13.1 Å². The molecule has 2 N–H and O–H groups in total. The van der Waals surface area contributed by atoms with Gasteiger partial charge in [0.05, 0.1) is 11.1 Å². The Bertz CT molecular complexity index is 536. The summed E-state index contributed by atoms with van der Waals surface area (Å²) in [4.78, 5) is 36.9. The van der Waals surface area contributed by atoms with E-state index in [2.05, 4.69) is 10.6 Å². The fourth-order valence-corrected chi connectivity index (χ4v) is 2.10. The molecule has 6 heteroatoms. The lowest BCUT2D eigenvalue weighted by Crippen LogP contribution is -2.44. The Morgan fingerprint density at radius 1 is 1.19 bits per heavy atom. The summed E-state index contributed by atoms with van der Waals surface area (Å²) in [5.41, 5.74) is 0.845. The van der Waals surface area contributed by atoms with Gasteiger partial charge in [-0.25, -0.2) is 4.79 Å². The van der Waals surface area contributed by atoms with Crippen LogP contribution in [0.1, 0.15) is 41.0 Å². The molecule has 0 radical (unpaired) electrons. The van der Waals surface area contributed by atoms with Gasteiger partial charge in [0.1, 0.15) is 0 Å². The number of carbonyl (C=O) groups is 3. The molecule has 4 amide bonds. The molecule has 1 aromatic carbocycles. The fourth-order valence-electron chi connectivity index (χ4n) is 2.10. The number of carbonyl (C=O) groups excluding carboxylic acids is 3. The van der Waals surface area contributed by atoms with E-state index in [-0.39, 0.29) is 37.0 Å². The van der Waals surface area contributed by atoms with E-state index in [1.165, 1.54) is 0 Å². The number of amides is 4. The first-order chi connectivity index (χ1) is 10.0. The molecule has 2 rings (SSSR count). The highest BCUT2D eigenvalue weighted by molar-refractivity contribution is 6.21. The smallest absolute Gasteiger partial charge is 0.315 e. The summed E-state index contributed by atoms with van der Waals surface area (Å²) in [5, 5.41) is 5.40. The van der Waals surface area contributed by atoms with Crippen LogP contribution in [0, 0.1) is 0 Å². The molecule has 6 nitrogen and oxygen atoms in total. The van der Waals surface area contributed by atoms with Crippen LogP contribution in [0.25, 0.3) is 0 Å². The van der Waals surface area contributed by atoms with Gasteiger partial charge in [0.15, 0.2) is 0 Å². The van der Waals surface area contributed by atoms with Crippen molar-refractivity contribution in [3.63, 3.8) is 0 Å². The number of imide groups is 1. The topological polar surface area (TPSA) is 78.5 Å². The first-order valence-electron chi connectivity index (χ1n) is 7.04. The molecular weight excluding hydrogens is 270 g/mol. The average Bonchev–Trinajstić information content (AvgIpc) is 2.72. The standard InChI is InChI=1S/C15H19N3O3/c1-3-10(2)17-15(21)16-8-9-18-13(19)11-6-4-5-7-12(11)14(18)20/h4-7,10H,3,8-9H2,1-2H3,(H2,16,17,21). The number of rotatable bonds is 5. The maximum atomic E-state index is 12.1. The summed E-state index contributed by atoms with van der Waals surface area (Å²) in [5.74, 6) is -0.612. The zero-order valence-electron chi connectivity index (χ0n) is 12.2. The quantitative estimate of drug-likeness (QED) is 0.804. The van der Waals surface area contributed by atoms with Crippen molar-refractivity contribution in [2.24, 2.45) is 0 Å². The minimum Gasteiger partial charge on any atom is -0.336 e. The van der Waals surface area contributed by atoms with E-state index >= 15 is 0 Å². The molecule has 1 aromatic rings. The molecule has 112 valence electrons. The van der Waals surface area contributed by atoms with Gasteiger partial charge in [-0.1, -0.05) is 19.1 Å². The molecule has 0 saturated carbocycles. The van der Waals surface area contributed by atoms with Crippen molar-refractivity contribution < 1.29 is 14.4 Å². The summed E-state index contributed by atoms with van der Waals surface area (Å²) >= 11 is 0. The van der Waals surface area contributed by atoms with E-state index < -0.39 is 0 Å². The molecule has 1 aliphatic heterocycles. The summed E-state index contributed by atoms with van der Waals surface area (Å²) in [7, 11) is 0. The highest BCUT2D eigenvalue weighted by Crippen LogP contribution is 2.21. The molecule has 0 fully saturated rings. The van der Waals surface area contributed by atoms with Crippen molar-refractivity contribution in [3.8, 4) is 0 Å². The van der Waals surface area contributed by atoms with E-state index in [0.29, 0.717) is 11.1 Å². The van der Waals surface area contributed by atoms with Crippen molar-refractivity contribution in [1.82, 2.24) is 15.5 Å². The van der Waals surface area contributed by atoms with E-state index in [9.17, 15) is 14.4 Å². The Hall–Kier alpha value is -2.37. The van der Waals surface area contributed by atoms with Crippen molar-refractivity contribution in [3.05, 3.63) is 35.4 Å². The SMILES string of the molecule is CCC(C)NC(=O)NCCN1C(=O)c2ccccc2C1=O. The summed E-state index contributed by atoms with van der Waals surface area (Å²) in [6, 6.07) is 6.53. The van der Waals surface area contributed by atoms with E-state index in [0.717, 1.165) is 11.3 Å². The largest absolute Gasteiger partial charge is 0.336 e. The number of hydrogen-bond acceptors (Lipinski definition) is 3. The Morgan fingerprint density at radius 2 is 1.76 bits per heavy atom. The summed E-state index contributed by atoms with van der Waals surface area (Å²) in [6.45, 7) is 4.28. The van der Waals surface area contributed by atoms with Crippen LogP contribution in [0.5, 0.6) is 0 Å². The second kappa shape index (κ2) is 6.39. The molecule has 0 saturated heterocycles. The average molecular weight is 289 g/mol. The highest BCUT2D eigenvalue weighted by atomic mass is 16.2. The van der Waals surface area contributed by atoms with Gasteiger partial charge in [-0.3, -0.25) is 14.5 Å². The van der Waals surface area contributed by atoms with Gasteiger partial charge in [-0.2, -0.15) is 0 Å². The van der Waals surface area contributed by atoms with E-state index in [4.69, 9.17) is 0 Å². The van der Waals surface area contributed by atoms with Crippen LogP contribution >= 0.6 is 0 Å². The van der Waals surface area contributed by atoms with Gasteiger partial charge in [-0.15, -0.1) is 0 Å². The molecule has 21 heavy (non-hydrogen) atoms. The van der Waals surface area contributed by atoms with Crippen molar-refractivity contribution in [2.45, 2.75) is 26.3 Å². The minimum atomic E-state index is -0.306. The molecular formula is C15H19N3O3. The number of hydrogen-bond donors (Lipinski definition) is 2. The lowest BCUT2D eigenvalue weighted by molar-refractivity contribution is 0.0656. The number of fused-ring (bicyclic) bond motifs is 1. The van der Waals surface area contributed by atoms with Crippen LogP contribution in [-0.2, 0) is 0 Å². The van der Waals surface area contributed by atoms with Gasteiger partial charge >= 0.3 is 6.03 Å². The number of nitrogens with one attached hydrogen (secondary N) is 2. The monoisotopic (exact) mass is 289 g/mol. The molecule has 1 unspecified atom stereocenters. The molecule has 1 heterocycles. The molecule has 0 bridgehead atoms. The second-order valence-electron chi connectivity index (χ2n) is 5.02. The molecule has 1 aliphatic rings. The number of benzene rings is 1. The Labute approximate surface area is 123 Å². The summed E-state index contributed by atoms with van der Waals surface area (Å²) in [6.07, 6.45) is 0.839. The maximum Gasteiger partial charge on any atom is 0.315 e. The lowest BCUT2D eigenvalue weighted by Gasteiger charge is -2.16. The molecule has 0 spiro atoms. The normalized spacial score (nSPS) is 14.9. The summed E-state index contributed by atoms with van der Waals surface area (Å²) < 4.78 is 0. The van der Waals surface area contributed by atoms with Crippen LogP contribution in [0.3, 0.4) is 0 Å². The van der Waals surface area contributed by atoms with Crippen LogP contribution in [0.2, 0.25) is 0 Å². The third kappa shape index (κ3) is 3.21. The molecule has 0 aromatic heterocycles. The first kappa shape index (κ1) is 15.0. The van der Waals surface area contributed by atoms with Gasteiger partial charge in [0, 0.05) is 19.1 Å². The third-order valence-corrected chi connectivity index (χ3v) is 3.49. The maximum absolute atomic E-state index is 12.1. The van der Waals surface area contributed by atoms with E-state index in [1.54, 1.807) is 24.3 Å². The first-order valence-corrected chi connectivity index (χ1v) is 7.04. The minimum absolute atomic E-state index is 0.0873. The number of urea groups is 1. The third-order valence-electron chi connectivity index (χ3n) is 3.49. The zero-order chi connectivity index (χ0) is 15.4. The predicted molar refractivity (Wildman–Crippen MR) is 78.1 cm³/mol. The van der Waals surface area contributed by atoms with Crippen LogP contribution < -0.4 is 10.6 Å². The van der Waals surface area contributed by atoms with Crippen molar-refractivity contribution >= 4 is 17.8 Å². The Morgan fingerprint density at radius 3 is 2.29 bits per heavy atom. The van der Waals surface area contributed by atoms with Gasteiger partial charge in [0.25, 0.3) is 11.8 Å². The Balaban J connectivity index is 1.87. The molecule has 0 aliphatic carbocycles. The highest BCUT2D eigenvalue weighted by Gasteiger charge is 2.34. The predicted octanol–water partition coefficient (Wildman–Crippen LogP) is 1.38. The van der Waals surface area contributed by atoms with Crippen molar-refractivity contribution in [1.29, 1.82) is 0 Å². The van der Waals surface area contributed by atoms with Crippen LogP contribution in [0.4, 0.5) is 4.79 Å². The van der Waals surface area contributed by atoms with Gasteiger partial charge in [-0.05, 0) is 25.5 Å². The zero-order valence-corrected chi connectivity index (χ0v) is 12.2. The Kier molecular flexibility index (Phi) is 4.57. The van der Waals surface area contributed by atoms with Crippen LogP contribution in [0.15, 0.2) is 24.3 Å². The van der Waals surface area contributed by atoms with Gasteiger partial charge in [0.2, 0.25) is 0 Å². The van der Waals surface area contributed by atoms with Gasteiger partial charge < -0.3 is 10.6 Å². The molecule has 1 atom stereocenters. The fraction of sp³-hybridized carbons (Fsp3) is 0.400. The lowest BCUT2D eigenvalue weighted by atomic mass is 10.1.